The summed E-state index contributed by atoms with van der Waals surface area (Å²) in [5.41, 5.74) is 1.13. The summed E-state index contributed by atoms with van der Waals surface area (Å²) in [6.07, 6.45) is 2.85. The van der Waals surface area contributed by atoms with Crippen LogP contribution in [0.1, 0.15) is 6.92 Å². The van der Waals surface area contributed by atoms with Gasteiger partial charge in [0.05, 0.1) is 6.33 Å². The number of rotatable bonds is 3. The smallest absolute Gasteiger partial charge is 0.229 e. The number of nitrogens with zero attached hydrogens (tertiary/aromatic N) is 3. The van der Waals surface area contributed by atoms with Crippen molar-refractivity contribution in [3.63, 3.8) is 0 Å². The highest BCUT2D eigenvalue weighted by Gasteiger charge is 2.14. The highest BCUT2D eigenvalue weighted by molar-refractivity contribution is 6.19. The lowest BCUT2D eigenvalue weighted by Crippen LogP contribution is -2.22. The SMILES string of the molecule is CC(CCl)C(=O)Nc1ncnc2nc[nH]c12. The van der Waals surface area contributed by atoms with Gasteiger partial charge in [0.1, 0.15) is 11.8 Å². The highest BCUT2D eigenvalue weighted by Crippen LogP contribution is 2.15. The summed E-state index contributed by atoms with van der Waals surface area (Å²) in [7, 11) is 0. The minimum Gasteiger partial charge on any atom is -0.340 e. The number of imidazole rings is 1. The molecule has 2 heterocycles. The fraction of sp³-hybridized carbons (Fsp3) is 0.333. The number of alkyl halides is 1. The van der Waals surface area contributed by atoms with Gasteiger partial charge >= 0.3 is 0 Å². The third-order valence-electron chi connectivity index (χ3n) is 2.14. The summed E-state index contributed by atoms with van der Waals surface area (Å²) in [4.78, 5) is 26.4. The first-order valence-electron chi connectivity index (χ1n) is 4.73. The average Bonchev–Trinajstić information content (AvgIpc) is 2.77. The second-order valence-corrected chi connectivity index (χ2v) is 3.68. The van der Waals surface area contributed by atoms with Crippen molar-refractivity contribution in [2.24, 2.45) is 5.92 Å². The zero-order valence-corrected chi connectivity index (χ0v) is 9.32. The Morgan fingerprint density at radius 3 is 3.12 bits per heavy atom. The van der Waals surface area contributed by atoms with E-state index in [1.807, 2.05) is 0 Å². The molecule has 6 nitrogen and oxygen atoms in total. The van der Waals surface area contributed by atoms with E-state index in [1.54, 1.807) is 6.92 Å². The molecule has 84 valence electrons. The third kappa shape index (κ3) is 1.96. The van der Waals surface area contributed by atoms with Crippen molar-refractivity contribution >= 4 is 34.5 Å². The normalized spacial score (nSPS) is 12.6. The first-order valence-corrected chi connectivity index (χ1v) is 5.26. The Morgan fingerprint density at radius 2 is 2.38 bits per heavy atom. The van der Waals surface area contributed by atoms with Crippen molar-refractivity contribution in [1.29, 1.82) is 0 Å². The molecule has 0 fully saturated rings. The molecule has 2 aromatic heterocycles. The van der Waals surface area contributed by atoms with Crippen LogP contribution in [-0.4, -0.2) is 31.7 Å². The van der Waals surface area contributed by atoms with E-state index in [0.29, 0.717) is 17.0 Å². The van der Waals surface area contributed by atoms with Crippen LogP contribution in [0.2, 0.25) is 0 Å². The van der Waals surface area contributed by atoms with Crippen molar-refractivity contribution in [3.8, 4) is 0 Å². The van der Waals surface area contributed by atoms with Crippen molar-refractivity contribution in [2.75, 3.05) is 11.2 Å². The van der Waals surface area contributed by atoms with Crippen LogP contribution >= 0.6 is 11.6 Å². The molecule has 0 spiro atoms. The number of aromatic amines is 1. The highest BCUT2D eigenvalue weighted by atomic mass is 35.5. The number of carbonyl (C=O) groups is 1. The van der Waals surface area contributed by atoms with E-state index in [1.165, 1.54) is 12.7 Å². The van der Waals surface area contributed by atoms with E-state index >= 15 is 0 Å². The molecule has 0 aromatic carbocycles. The summed E-state index contributed by atoms with van der Waals surface area (Å²) < 4.78 is 0. The van der Waals surface area contributed by atoms with Crippen LogP contribution in [-0.2, 0) is 4.79 Å². The van der Waals surface area contributed by atoms with Gasteiger partial charge in [-0.3, -0.25) is 4.79 Å². The number of carbonyl (C=O) groups excluding carboxylic acids is 1. The molecule has 0 aliphatic rings. The van der Waals surface area contributed by atoms with Crippen LogP contribution in [0.5, 0.6) is 0 Å². The van der Waals surface area contributed by atoms with Crippen molar-refractivity contribution < 1.29 is 4.79 Å². The number of amides is 1. The minimum absolute atomic E-state index is 0.176. The molecule has 0 radical (unpaired) electrons. The van der Waals surface area contributed by atoms with Gasteiger partial charge in [0.15, 0.2) is 11.5 Å². The number of hydrogen-bond acceptors (Lipinski definition) is 4. The lowest BCUT2D eigenvalue weighted by atomic mass is 10.2. The Morgan fingerprint density at radius 1 is 1.56 bits per heavy atom. The maximum Gasteiger partial charge on any atom is 0.229 e. The monoisotopic (exact) mass is 239 g/mol. The quantitative estimate of drug-likeness (QED) is 0.788. The van der Waals surface area contributed by atoms with E-state index in [4.69, 9.17) is 11.6 Å². The Bertz CT molecular complexity index is 511. The molecule has 2 N–H and O–H groups in total. The lowest BCUT2D eigenvalue weighted by molar-refractivity contribution is -0.118. The van der Waals surface area contributed by atoms with Gasteiger partial charge in [-0.15, -0.1) is 11.6 Å². The van der Waals surface area contributed by atoms with E-state index in [2.05, 4.69) is 25.3 Å². The zero-order valence-electron chi connectivity index (χ0n) is 8.57. The molecule has 0 saturated heterocycles. The second-order valence-electron chi connectivity index (χ2n) is 3.37. The molecule has 7 heteroatoms. The fourth-order valence-electron chi connectivity index (χ4n) is 1.17. The van der Waals surface area contributed by atoms with Crippen LogP contribution in [0.25, 0.3) is 11.2 Å². The van der Waals surface area contributed by atoms with Crippen molar-refractivity contribution in [1.82, 2.24) is 19.9 Å². The molecule has 16 heavy (non-hydrogen) atoms. The van der Waals surface area contributed by atoms with Crippen molar-refractivity contribution in [2.45, 2.75) is 6.92 Å². The summed E-state index contributed by atoms with van der Waals surface area (Å²) in [6.45, 7) is 1.74. The summed E-state index contributed by atoms with van der Waals surface area (Å²) in [6, 6.07) is 0. The molecule has 0 aliphatic carbocycles. The number of H-pyrrole nitrogens is 1. The predicted octanol–water partition coefficient (Wildman–Crippen LogP) is 1.17. The van der Waals surface area contributed by atoms with E-state index in [9.17, 15) is 4.79 Å². The van der Waals surface area contributed by atoms with Gasteiger partial charge in [0.25, 0.3) is 0 Å². The van der Waals surface area contributed by atoms with Gasteiger partial charge in [-0.05, 0) is 0 Å². The van der Waals surface area contributed by atoms with Gasteiger partial charge < -0.3 is 10.3 Å². The molecule has 1 amide bonds. The standard InChI is InChI=1S/C9H10ClN5O/c1-5(2-10)9(16)15-8-6-7(12-3-11-6)13-4-14-8/h3-5H,2H2,1H3,(H2,11,12,13,14,15,16). The zero-order chi connectivity index (χ0) is 11.5. The first-order chi connectivity index (χ1) is 7.72. The largest absolute Gasteiger partial charge is 0.340 e. The van der Waals surface area contributed by atoms with Crippen LogP contribution in [0.3, 0.4) is 0 Å². The number of nitrogens with one attached hydrogen (secondary N) is 2. The summed E-state index contributed by atoms with van der Waals surface area (Å²) in [5, 5.41) is 2.68. The molecule has 0 aliphatic heterocycles. The molecule has 1 unspecified atom stereocenters. The maximum atomic E-state index is 11.6. The summed E-state index contributed by atoms with van der Waals surface area (Å²) >= 11 is 5.60. The first kappa shape index (κ1) is 10.8. The Hall–Kier alpha value is -1.69. The molecule has 2 aromatic rings. The van der Waals surface area contributed by atoms with Crippen LogP contribution in [0.15, 0.2) is 12.7 Å². The van der Waals surface area contributed by atoms with Crippen LogP contribution in [0.4, 0.5) is 5.82 Å². The Kier molecular flexibility index (Phi) is 3.00. The van der Waals surface area contributed by atoms with E-state index < -0.39 is 0 Å². The lowest BCUT2D eigenvalue weighted by Gasteiger charge is -2.08. The third-order valence-corrected chi connectivity index (χ3v) is 2.61. The second kappa shape index (κ2) is 4.44. The molecule has 2 rings (SSSR count). The predicted molar refractivity (Wildman–Crippen MR) is 60.2 cm³/mol. The van der Waals surface area contributed by atoms with E-state index in [0.717, 1.165) is 0 Å². The van der Waals surface area contributed by atoms with Crippen LogP contribution < -0.4 is 5.32 Å². The van der Waals surface area contributed by atoms with E-state index in [-0.39, 0.29) is 17.7 Å². The number of aromatic nitrogens is 4. The molecular weight excluding hydrogens is 230 g/mol. The fourth-order valence-corrected chi connectivity index (χ4v) is 1.31. The van der Waals surface area contributed by atoms with Gasteiger partial charge in [0, 0.05) is 11.8 Å². The maximum absolute atomic E-state index is 11.6. The molecule has 0 bridgehead atoms. The molecule has 0 saturated carbocycles. The Labute approximate surface area is 96.5 Å². The van der Waals surface area contributed by atoms with Gasteiger partial charge in [-0.1, -0.05) is 6.92 Å². The summed E-state index contributed by atoms with van der Waals surface area (Å²) in [5.74, 6) is 0.243. The number of fused-ring (bicyclic) bond motifs is 1. The number of halogens is 1. The number of hydrogen-bond donors (Lipinski definition) is 2. The number of anilines is 1. The molecule has 1 atom stereocenters. The minimum atomic E-state index is -0.269. The molecular formula is C9H10ClN5O. The average molecular weight is 240 g/mol. The van der Waals surface area contributed by atoms with Gasteiger partial charge in [0.2, 0.25) is 5.91 Å². The Balaban J connectivity index is 2.27. The van der Waals surface area contributed by atoms with Crippen LogP contribution in [0, 0.1) is 5.92 Å². The topological polar surface area (TPSA) is 83.6 Å². The van der Waals surface area contributed by atoms with Gasteiger partial charge in [-0.2, -0.15) is 0 Å². The van der Waals surface area contributed by atoms with Gasteiger partial charge in [-0.25, -0.2) is 15.0 Å². The van der Waals surface area contributed by atoms with Crippen molar-refractivity contribution in [3.05, 3.63) is 12.7 Å².